The van der Waals surface area contributed by atoms with Crippen molar-refractivity contribution in [2.45, 2.75) is 13.3 Å². The number of benzene rings is 1. The Morgan fingerprint density at radius 2 is 1.76 bits per heavy atom. The van der Waals surface area contributed by atoms with Gasteiger partial charge < -0.3 is 14.5 Å². The average molecular weight is 388 g/mol. The van der Waals surface area contributed by atoms with Crippen LogP contribution in [0.25, 0.3) is 0 Å². The molecule has 0 spiro atoms. The molecule has 6 nitrogen and oxygen atoms in total. The van der Waals surface area contributed by atoms with Crippen LogP contribution in [0, 0.1) is 6.92 Å². The highest BCUT2D eigenvalue weighted by molar-refractivity contribution is 5.71. The molecule has 29 heavy (non-hydrogen) atoms. The van der Waals surface area contributed by atoms with Gasteiger partial charge in [0.05, 0.1) is 0 Å². The first-order valence-corrected chi connectivity index (χ1v) is 9.80. The molecule has 1 aromatic carbocycles. The molecule has 2 aromatic heterocycles. The van der Waals surface area contributed by atoms with E-state index in [9.17, 15) is 4.79 Å². The highest BCUT2D eigenvalue weighted by Gasteiger charge is 2.23. The van der Waals surface area contributed by atoms with Gasteiger partial charge in [-0.2, -0.15) is 0 Å². The zero-order chi connectivity index (χ0) is 20.1. The van der Waals surface area contributed by atoms with Gasteiger partial charge in [-0.15, -0.1) is 0 Å². The highest BCUT2D eigenvalue weighted by atomic mass is 16.6. The second-order valence-electron chi connectivity index (χ2n) is 7.18. The molecule has 4 rings (SSSR count). The van der Waals surface area contributed by atoms with Gasteiger partial charge in [0, 0.05) is 50.7 Å². The number of aromatic nitrogens is 2. The van der Waals surface area contributed by atoms with E-state index in [0.717, 1.165) is 42.1 Å². The minimum Gasteiger partial charge on any atom is -0.410 e. The number of carbonyl (C=O) groups excluding carboxylic acids is 1. The van der Waals surface area contributed by atoms with E-state index in [4.69, 9.17) is 4.74 Å². The standard InChI is InChI=1S/C23H24N4O2/c1-18-5-10-22(25-17-18)26-12-14-27(15-13-26)23(28)29-21-8-6-19(7-9-21)16-20-4-2-3-11-24-20/h2-11,17H,12-16H2,1H3. The minimum absolute atomic E-state index is 0.306. The van der Waals surface area contributed by atoms with Crippen molar-refractivity contribution in [2.75, 3.05) is 31.1 Å². The lowest BCUT2D eigenvalue weighted by molar-refractivity contribution is 0.149. The molecule has 3 heterocycles. The predicted molar refractivity (Wildman–Crippen MR) is 112 cm³/mol. The second-order valence-corrected chi connectivity index (χ2v) is 7.18. The van der Waals surface area contributed by atoms with E-state index >= 15 is 0 Å². The number of pyridine rings is 2. The van der Waals surface area contributed by atoms with Gasteiger partial charge in [0.25, 0.3) is 0 Å². The summed E-state index contributed by atoms with van der Waals surface area (Å²) in [5.74, 6) is 1.51. The molecule has 1 amide bonds. The Morgan fingerprint density at radius 1 is 0.966 bits per heavy atom. The van der Waals surface area contributed by atoms with Gasteiger partial charge >= 0.3 is 6.09 Å². The van der Waals surface area contributed by atoms with Crippen molar-refractivity contribution in [1.82, 2.24) is 14.9 Å². The summed E-state index contributed by atoms with van der Waals surface area (Å²) in [7, 11) is 0. The number of rotatable bonds is 4. The van der Waals surface area contributed by atoms with Crippen LogP contribution in [0.1, 0.15) is 16.8 Å². The maximum atomic E-state index is 12.5. The van der Waals surface area contributed by atoms with E-state index in [2.05, 4.69) is 20.9 Å². The quantitative estimate of drug-likeness (QED) is 0.682. The number of hydrogen-bond donors (Lipinski definition) is 0. The van der Waals surface area contributed by atoms with Crippen LogP contribution in [0.15, 0.2) is 67.0 Å². The third kappa shape index (κ3) is 4.90. The number of ether oxygens (including phenoxy) is 1. The predicted octanol–water partition coefficient (Wildman–Crippen LogP) is 3.70. The number of piperazine rings is 1. The highest BCUT2D eigenvalue weighted by Crippen LogP contribution is 2.18. The monoisotopic (exact) mass is 388 g/mol. The lowest BCUT2D eigenvalue weighted by atomic mass is 10.1. The van der Waals surface area contributed by atoms with E-state index < -0.39 is 0 Å². The molecule has 6 heteroatoms. The largest absolute Gasteiger partial charge is 0.415 e. The number of hydrogen-bond acceptors (Lipinski definition) is 5. The van der Waals surface area contributed by atoms with Crippen LogP contribution in [-0.4, -0.2) is 47.1 Å². The summed E-state index contributed by atoms with van der Waals surface area (Å²) < 4.78 is 5.55. The third-order valence-corrected chi connectivity index (χ3v) is 5.00. The Labute approximate surface area is 170 Å². The van der Waals surface area contributed by atoms with Gasteiger partial charge in [0.1, 0.15) is 11.6 Å². The SMILES string of the molecule is Cc1ccc(N2CCN(C(=O)Oc3ccc(Cc4ccccn4)cc3)CC2)nc1. The first-order chi connectivity index (χ1) is 14.2. The number of carbonyl (C=O) groups is 1. The van der Waals surface area contributed by atoms with Crippen LogP contribution in [-0.2, 0) is 6.42 Å². The van der Waals surface area contributed by atoms with Crippen LogP contribution in [0.4, 0.5) is 10.6 Å². The van der Waals surface area contributed by atoms with Crippen molar-refractivity contribution in [3.05, 3.63) is 83.8 Å². The molecular weight excluding hydrogens is 364 g/mol. The zero-order valence-electron chi connectivity index (χ0n) is 16.5. The summed E-state index contributed by atoms with van der Waals surface area (Å²) in [6.45, 7) is 4.75. The molecule has 1 saturated heterocycles. The Morgan fingerprint density at radius 3 is 2.41 bits per heavy atom. The van der Waals surface area contributed by atoms with E-state index in [-0.39, 0.29) is 6.09 Å². The fraction of sp³-hybridized carbons (Fsp3) is 0.261. The van der Waals surface area contributed by atoms with Crippen LogP contribution < -0.4 is 9.64 Å². The summed E-state index contributed by atoms with van der Waals surface area (Å²) in [4.78, 5) is 25.2. The van der Waals surface area contributed by atoms with Crippen LogP contribution >= 0.6 is 0 Å². The first-order valence-electron chi connectivity index (χ1n) is 9.80. The lowest BCUT2D eigenvalue weighted by Crippen LogP contribution is -2.49. The second kappa shape index (κ2) is 8.73. The van der Waals surface area contributed by atoms with E-state index in [1.807, 2.05) is 61.7 Å². The normalized spacial score (nSPS) is 14.0. The molecule has 0 radical (unpaired) electrons. The number of amides is 1. The number of anilines is 1. The molecule has 0 N–H and O–H groups in total. The number of nitrogens with zero attached hydrogens (tertiary/aromatic N) is 4. The van der Waals surface area contributed by atoms with Crippen molar-refractivity contribution >= 4 is 11.9 Å². The maximum absolute atomic E-state index is 12.5. The molecule has 1 fully saturated rings. The van der Waals surface area contributed by atoms with Gasteiger partial charge in [0.15, 0.2) is 0 Å². The molecule has 3 aromatic rings. The van der Waals surface area contributed by atoms with Crippen molar-refractivity contribution in [3.63, 3.8) is 0 Å². The molecule has 0 unspecified atom stereocenters. The average Bonchev–Trinajstić information content (AvgIpc) is 2.76. The van der Waals surface area contributed by atoms with Gasteiger partial charge in [-0.3, -0.25) is 4.98 Å². The van der Waals surface area contributed by atoms with E-state index in [1.165, 1.54) is 0 Å². The lowest BCUT2D eigenvalue weighted by Gasteiger charge is -2.34. The fourth-order valence-corrected chi connectivity index (χ4v) is 3.32. The Bertz CT molecular complexity index is 935. The van der Waals surface area contributed by atoms with Crippen LogP contribution in [0.5, 0.6) is 5.75 Å². The smallest absolute Gasteiger partial charge is 0.410 e. The zero-order valence-corrected chi connectivity index (χ0v) is 16.5. The molecule has 0 saturated carbocycles. The Balaban J connectivity index is 1.29. The van der Waals surface area contributed by atoms with Crippen molar-refractivity contribution in [2.24, 2.45) is 0 Å². The van der Waals surface area contributed by atoms with Gasteiger partial charge in [-0.1, -0.05) is 24.3 Å². The summed E-state index contributed by atoms with van der Waals surface area (Å²) in [6.07, 6.45) is 4.11. The summed E-state index contributed by atoms with van der Waals surface area (Å²) in [5, 5.41) is 0. The van der Waals surface area contributed by atoms with Crippen LogP contribution in [0.3, 0.4) is 0 Å². The molecular formula is C23H24N4O2. The van der Waals surface area contributed by atoms with E-state index in [1.54, 1.807) is 11.1 Å². The molecule has 0 bridgehead atoms. The van der Waals surface area contributed by atoms with Gasteiger partial charge in [-0.05, 0) is 48.4 Å². The third-order valence-electron chi connectivity index (χ3n) is 5.00. The molecule has 0 atom stereocenters. The van der Waals surface area contributed by atoms with Gasteiger partial charge in [0.2, 0.25) is 0 Å². The van der Waals surface area contributed by atoms with Crippen molar-refractivity contribution in [1.29, 1.82) is 0 Å². The minimum atomic E-state index is -0.306. The van der Waals surface area contributed by atoms with Crippen molar-refractivity contribution in [3.8, 4) is 5.75 Å². The Hall–Kier alpha value is -3.41. The van der Waals surface area contributed by atoms with Crippen molar-refractivity contribution < 1.29 is 9.53 Å². The maximum Gasteiger partial charge on any atom is 0.415 e. The molecule has 0 aliphatic carbocycles. The fourth-order valence-electron chi connectivity index (χ4n) is 3.32. The van der Waals surface area contributed by atoms with E-state index in [0.29, 0.717) is 18.8 Å². The summed E-state index contributed by atoms with van der Waals surface area (Å²) >= 11 is 0. The first kappa shape index (κ1) is 18.9. The molecule has 148 valence electrons. The topological polar surface area (TPSA) is 58.6 Å². The summed E-state index contributed by atoms with van der Waals surface area (Å²) in [5.41, 5.74) is 3.28. The molecule has 1 aliphatic rings. The van der Waals surface area contributed by atoms with Crippen LogP contribution in [0.2, 0.25) is 0 Å². The summed E-state index contributed by atoms with van der Waals surface area (Å²) in [6, 6.07) is 17.6. The molecule has 1 aliphatic heterocycles. The van der Waals surface area contributed by atoms with Gasteiger partial charge in [-0.25, -0.2) is 9.78 Å². The number of aryl methyl sites for hydroxylation is 1. The Kier molecular flexibility index (Phi) is 5.70.